The highest BCUT2D eigenvalue weighted by atomic mass is 19.1. The lowest BCUT2D eigenvalue weighted by Crippen LogP contribution is -2.31. The Hall–Kier alpha value is -3.49. The van der Waals surface area contributed by atoms with Gasteiger partial charge in [0.2, 0.25) is 11.7 Å². The van der Waals surface area contributed by atoms with Gasteiger partial charge in [-0.15, -0.1) is 10.2 Å². The zero-order valence-corrected chi connectivity index (χ0v) is 15.1. The van der Waals surface area contributed by atoms with Gasteiger partial charge in [0.15, 0.2) is 11.5 Å². The number of fused-ring (bicyclic) bond motifs is 1. The number of amides is 1. The Morgan fingerprint density at radius 2 is 1.93 bits per heavy atom. The molecule has 8 nitrogen and oxygen atoms in total. The third-order valence-corrected chi connectivity index (χ3v) is 4.28. The molecule has 4 rings (SSSR count). The van der Waals surface area contributed by atoms with Crippen LogP contribution in [0, 0.1) is 5.82 Å². The van der Waals surface area contributed by atoms with Crippen molar-refractivity contribution < 1.29 is 18.7 Å². The topological polar surface area (TPSA) is 91.2 Å². The monoisotopic (exact) mass is 383 g/mol. The highest BCUT2D eigenvalue weighted by Crippen LogP contribution is 2.32. The van der Waals surface area contributed by atoms with Gasteiger partial charge < -0.3 is 14.8 Å². The first-order valence-electron chi connectivity index (χ1n) is 8.81. The molecule has 1 amide bonds. The van der Waals surface area contributed by atoms with Gasteiger partial charge in [0.1, 0.15) is 25.6 Å². The lowest BCUT2D eigenvalue weighted by molar-refractivity contribution is -0.122. The summed E-state index contributed by atoms with van der Waals surface area (Å²) in [7, 11) is 0. The number of carbonyl (C=O) groups is 1. The van der Waals surface area contributed by atoms with Crippen LogP contribution in [0.1, 0.15) is 18.5 Å². The van der Waals surface area contributed by atoms with E-state index in [-0.39, 0.29) is 24.3 Å². The van der Waals surface area contributed by atoms with E-state index >= 15 is 0 Å². The normalized spacial score (nSPS) is 13.8. The highest BCUT2D eigenvalue weighted by Gasteiger charge is 2.17. The number of halogens is 1. The average Bonchev–Trinajstić information content (AvgIpc) is 3.16. The van der Waals surface area contributed by atoms with Crippen molar-refractivity contribution in [3.05, 3.63) is 53.8 Å². The number of rotatable bonds is 5. The molecule has 1 aliphatic rings. The van der Waals surface area contributed by atoms with Crippen LogP contribution in [-0.4, -0.2) is 39.3 Å². The van der Waals surface area contributed by atoms with Crippen molar-refractivity contribution in [3.63, 3.8) is 0 Å². The fourth-order valence-electron chi connectivity index (χ4n) is 2.85. The second kappa shape index (κ2) is 7.63. The predicted molar refractivity (Wildman–Crippen MR) is 97.2 cm³/mol. The van der Waals surface area contributed by atoms with Gasteiger partial charge in [-0.1, -0.05) is 6.07 Å². The van der Waals surface area contributed by atoms with Crippen LogP contribution in [0.3, 0.4) is 0 Å². The van der Waals surface area contributed by atoms with Crippen molar-refractivity contribution in [1.82, 2.24) is 25.5 Å². The smallest absolute Gasteiger partial charge is 0.244 e. The van der Waals surface area contributed by atoms with Crippen LogP contribution in [0.5, 0.6) is 11.5 Å². The lowest BCUT2D eigenvalue weighted by Gasteiger charge is -2.21. The van der Waals surface area contributed by atoms with Crippen LogP contribution in [0.15, 0.2) is 42.5 Å². The summed E-state index contributed by atoms with van der Waals surface area (Å²) in [6.45, 7) is 2.83. The van der Waals surface area contributed by atoms with E-state index in [1.807, 2.05) is 25.1 Å². The first kappa shape index (κ1) is 17.9. The number of nitrogens with zero attached hydrogens (tertiary/aromatic N) is 4. The Labute approximate surface area is 160 Å². The fourth-order valence-corrected chi connectivity index (χ4v) is 2.85. The third kappa shape index (κ3) is 3.93. The molecule has 0 radical (unpaired) electrons. The number of nitrogens with one attached hydrogen (secondary N) is 1. The predicted octanol–water partition coefficient (Wildman–Crippen LogP) is 2.13. The van der Waals surface area contributed by atoms with E-state index in [9.17, 15) is 9.18 Å². The molecule has 2 heterocycles. The number of ether oxygens (including phenoxy) is 2. The van der Waals surface area contributed by atoms with Gasteiger partial charge in [-0.3, -0.25) is 4.79 Å². The van der Waals surface area contributed by atoms with E-state index in [2.05, 4.69) is 20.7 Å². The Bertz CT molecular complexity index is 989. The number of tetrazole rings is 1. The summed E-state index contributed by atoms with van der Waals surface area (Å²) in [6.07, 6.45) is 0. The molecule has 1 atom stereocenters. The van der Waals surface area contributed by atoms with E-state index in [1.165, 1.54) is 16.9 Å². The Kier molecular flexibility index (Phi) is 4.88. The van der Waals surface area contributed by atoms with E-state index < -0.39 is 0 Å². The van der Waals surface area contributed by atoms with Crippen molar-refractivity contribution in [1.29, 1.82) is 0 Å². The SMILES string of the molecule is C[C@H](NC(=O)Cn1nnc(-c2ccc(F)cc2)n1)c1ccc2c(c1)OCCO2. The van der Waals surface area contributed by atoms with Crippen LogP contribution >= 0.6 is 0 Å². The third-order valence-electron chi connectivity index (χ3n) is 4.28. The number of hydrogen-bond acceptors (Lipinski definition) is 6. The van der Waals surface area contributed by atoms with E-state index in [0.717, 1.165) is 5.56 Å². The molecule has 3 aromatic rings. The Balaban J connectivity index is 1.38. The van der Waals surface area contributed by atoms with Gasteiger partial charge in [0, 0.05) is 5.56 Å². The standard InChI is InChI=1S/C19H18FN5O3/c1-12(14-4-7-16-17(10-14)28-9-8-27-16)21-18(26)11-25-23-19(22-24-25)13-2-5-15(20)6-3-13/h2-7,10,12H,8-9,11H2,1H3,(H,21,26)/t12-/m0/s1. The Morgan fingerprint density at radius 1 is 1.18 bits per heavy atom. The van der Waals surface area contributed by atoms with Crippen LogP contribution < -0.4 is 14.8 Å². The Morgan fingerprint density at radius 3 is 2.71 bits per heavy atom. The minimum Gasteiger partial charge on any atom is -0.486 e. The summed E-state index contributed by atoms with van der Waals surface area (Å²) in [6, 6.07) is 11.1. The minimum absolute atomic E-state index is 0.0803. The van der Waals surface area contributed by atoms with Crippen molar-refractivity contribution in [2.75, 3.05) is 13.2 Å². The molecule has 1 aliphatic heterocycles. The molecule has 0 fully saturated rings. The van der Waals surface area contributed by atoms with Gasteiger partial charge >= 0.3 is 0 Å². The van der Waals surface area contributed by atoms with Gasteiger partial charge in [-0.05, 0) is 54.1 Å². The maximum atomic E-state index is 13.0. The molecule has 144 valence electrons. The molecule has 2 aromatic carbocycles. The largest absolute Gasteiger partial charge is 0.486 e. The summed E-state index contributed by atoms with van der Waals surface area (Å²) in [5.74, 6) is 1.10. The van der Waals surface area contributed by atoms with Gasteiger partial charge in [-0.25, -0.2) is 4.39 Å². The van der Waals surface area contributed by atoms with Crippen LogP contribution in [0.2, 0.25) is 0 Å². The van der Waals surface area contributed by atoms with Crippen molar-refractivity contribution in [2.45, 2.75) is 19.5 Å². The molecule has 0 saturated carbocycles. The molecular weight excluding hydrogens is 365 g/mol. The molecule has 0 aliphatic carbocycles. The number of hydrogen-bond donors (Lipinski definition) is 1. The quantitative estimate of drug-likeness (QED) is 0.726. The maximum absolute atomic E-state index is 13.0. The summed E-state index contributed by atoms with van der Waals surface area (Å²) >= 11 is 0. The molecule has 1 N–H and O–H groups in total. The van der Waals surface area contributed by atoms with E-state index in [4.69, 9.17) is 9.47 Å². The molecule has 0 bridgehead atoms. The minimum atomic E-state index is -0.344. The van der Waals surface area contributed by atoms with Crippen molar-refractivity contribution >= 4 is 5.91 Å². The zero-order valence-electron chi connectivity index (χ0n) is 15.1. The van der Waals surface area contributed by atoms with Crippen LogP contribution in [-0.2, 0) is 11.3 Å². The second-order valence-electron chi connectivity index (χ2n) is 6.34. The summed E-state index contributed by atoms with van der Waals surface area (Å²) in [5.41, 5.74) is 1.52. The van der Waals surface area contributed by atoms with E-state index in [1.54, 1.807) is 12.1 Å². The first-order valence-corrected chi connectivity index (χ1v) is 8.81. The zero-order chi connectivity index (χ0) is 19.5. The van der Waals surface area contributed by atoms with Crippen LogP contribution in [0.25, 0.3) is 11.4 Å². The first-order chi connectivity index (χ1) is 13.6. The summed E-state index contributed by atoms with van der Waals surface area (Å²) in [4.78, 5) is 13.5. The number of carbonyl (C=O) groups excluding carboxylic acids is 1. The van der Waals surface area contributed by atoms with Gasteiger partial charge in [0.05, 0.1) is 6.04 Å². The van der Waals surface area contributed by atoms with E-state index in [0.29, 0.717) is 36.1 Å². The summed E-state index contributed by atoms with van der Waals surface area (Å²) in [5, 5.41) is 14.8. The molecule has 28 heavy (non-hydrogen) atoms. The van der Waals surface area contributed by atoms with Crippen molar-refractivity contribution in [3.8, 4) is 22.9 Å². The average molecular weight is 383 g/mol. The number of aromatic nitrogens is 4. The number of benzene rings is 2. The van der Waals surface area contributed by atoms with Gasteiger partial charge in [-0.2, -0.15) is 4.80 Å². The molecule has 0 unspecified atom stereocenters. The molecule has 0 saturated heterocycles. The highest BCUT2D eigenvalue weighted by molar-refractivity contribution is 5.76. The van der Waals surface area contributed by atoms with Gasteiger partial charge in [0.25, 0.3) is 0 Å². The van der Waals surface area contributed by atoms with Crippen LogP contribution in [0.4, 0.5) is 4.39 Å². The molecule has 9 heteroatoms. The van der Waals surface area contributed by atoms with Crippen molar-refractivity contribution in [2.24, 2.45) is 0 Å². The molecule has 1 aromatic heterocycles. The lowest BCUT2D eigenvalue weighted by atomic mass is 10.1. The second-order valence-corrected chi connectivity index (χ2v) is 6.34. The molecular formula is C19H18FN5O3. The fraction of sp³-hybridized carbons (Fsp3) is 0.263. The maximum Gasteiger partial charge on any atom is 0.244 e. The molecule has 0 spiro atoms. The summed E-state index contributed by atoms with van der Waals surface area (Å²) < 4.78 is 24.1.